The van der Waals surface area contributed by atoms with Crippen molar-refractivity contribution in [2.75, 3.05) is 19.6 Å². The molecule has 1 aromatic rings. The van der Waals surface area contributed by atoms with E-state index in [0.717, 1.165) is 25.2 Å². The maximum absolute atomic E-state index is 10.9. The number of nitrogens with one attached hydrogen (secondary N) is 1. The highest BCUT2D eigenvalue weighted by molar-refractivity contribution is 5.39. The van der Waals surface area contributed by atoms with Gasteiger partial charge < -0.3 is 10.2 Å². The summed E-state index contributed by atoms with van der Waals surface area (Å²) in [5, 5.41) is 14.3. The molecule has 0 bridgehead atoms. The number of para-hydroxylation sites is 1. The van der Waals surface area contributed by atoms with E-state index in [2.05, 4.69) is 24.1 Å². The molecule has 0 aliphatic carbocycles. The van der Waals surface area contributed by atoms with Crippen LogP contribution >= 0.6 is 0 Å². The lowest BCUT2D eigenvalue weighted by atomic mass is 10.1. The highest BCUT2D eigenvalue weighted by Crippen LogP contribution is 2.19. The van der Waals surface area contributed by atoms with Crippen LogP contribution in [0.15, 0.2) is 24.3 Å². The fraction of sp³-hybridized carbons (Fsp3) is 0.600. The maximum atomic E-state index is 10.9. The molecule has 1 aliphatic heterocycles. The maximum Gasteiger partial charge on any atom is 0.273 e. The van der Waals surface area contributed by atoms with E-state index in [1.807, 2.05) is 12.1 Å². The summed E-state index contributed by atoms with van der Waals surface area (Å²) in [6.07, 6.45) is 1.21. The number of hydrogen-bond donors (Lipinski definition) is 1. The molecule has 0 aromatic heterocycles. The van der Waals surface area contributed by atoms with Crippen LogP contribution in [0.3, 0.4) is 0 Å². The molecule has 0 amide bonds. The third-order valence-corrected chi connectivity index (χ3v) is 3.98. The number of benzene rings is 1. The Bertz CT molecular complexity index is 462. The summed E-state index contributed by atoms with van der Waals surface area (Å²) < 4.78 is 0. The molecule has 110 valence electrons. The van der Waals surface area contributed by atoms with Crippen molar-refractivity contribution in [1.29, 1.82) is 0 Å². The number of nitro benzene ring substituents is 1. The van der Waals surface area contributed by atoms with Gasteiger partial charge in [0.05, 0.1) is 4.92 Å². The average molecular weight is 277 g/mol. The van der Waals surface area contributed by atoms with Crippen molar-refractivity contribution in [2.24, 2.45) is 5.92 Å². The van der Waals surface area contributed by atoms with Gasteiger partial charge in [-0.2, -0.15) is 0 Å². The first kappa shape index (κ1) is 14.9. The van der Waals surface area contributed by atoms with E-state index in [1.54, 1.807) is 12.1 Å². The number of nitro groups is 1. The van der Waals surface area contributed by atoms with Crippen molar-refractivity contribution in [3.05, 3.63) is 39.9 Å². The molecule has 1 unspecified atom stereocenters. The molecular formula is C15H23N3O2. The molecule has 1 atom stereocenters. The van der Waals surface area contributed by atoms with Gasteiger partial charge in [-0.15, -0.1) is 0 Å². The Kier molecular flexibility index (Phi) is 5.09. The second kappa shape index (κ2) is 6.81. The van der Waals surface area contributed by atoms with Crippen molar-refractivity contribution in [2.45, 2.75) is 32.9 Å². The van der Waals surface area contributed by atoms with E-state index in [9.17, 15) is 10.1 Å². The second-order valence-corrected chi connectivity index (χ2v) is 5.76. The molecule has 1 heterocycles. The summed E-state index contributed by atoms with van der Waals surface area (Å²) >= 11 is 0. The number of hydrogen-bond acceptors (Lipinski definition) is 4. The molecule has 20 heavy (non-hydrogen) atoms. The Morgan fingerprint density at radius 2 is 2.20 bits per heavy atom. The lowest BCUT2D eigenvalue weighted by Gasteiger charge is -2.20. The Labute approximate surface area is 120 Å². The molecule has 0 spiro atoms. The predicted molar refractivity (Wildman–Crippen MR) is 79.6 cm³/mol. The van der Waals surface area contributed by atoms with Gasteiger partial charge in [0, 0.05) is 30.8 Å². The van der Waals surface area contributed by atoms with Crippen molar-refractivity contribution in [3.63, 3.8) is 0 Å². The van der Waals surface area contributed by atoms with Crippen molar-refractivity contribution < 1.29 is 4.92 Å². The molecule has 1 saturated heterocycles. The molecule has 1 aromatic carbocycles. The molecule has 0 saturated carbocycles. The van der Waals surface area contributed by atoms with Crippen LogP contribution in [0.4, 0.5) is 5.69 Å². The van der Waals surface area contributed by atoms with Gasteiger partial charge in [0.2, 0.25) is 0 Å². The van der Waals surface area contributed by atoms with Crippen molar-refractivity contribution in [3.8, 4) is 0 Å². The topological polar surface area (TPSA) is 58.4 Å². The van der Waals surface area contributed by atoms with Gasteiger partial charge in [-0.1, -0.05) is 18.2 Å². The zero-order chi connectivity index (χ0) is 14.5. The van der Waals surface area contributed by atoms with E-state index in [-0.39, 0.29) is 10.6 Å². The van der Waals surface area contributed by atoms with Gasteiger partial charge in [0.15, 0.2) is 0 Å². The summed E-state index contributed by atoms with van der Waals surface area (Å²) in [4.78, 5) is 13.1. The van der Waals surface area contributed by atoms with Crippen LogP contribution in [0.5, 0.6) is 0 Å². The molecule has 2 rings (SSSR count). The molecule has 5 nitrogen and oxygen atoms in total. The second-order valence-electron chi connectivity index (χ2n) is 5.76. The molecule has 1 aliphatic rings. The van der Waals surface area contributed by atoms with Gasteiger partial charge in [-0.25, -0.2) is 0 Å². The predicted octanol–water partition coefficient (Wildman–Crippen LogP) is 2.41. The SMILES string of the molecule is CC(C)N1CCC(CNCc2ccccc2[N+](=O)[O-])C1. The fourth-order valence-corrected chi connectivity index (χ4v) is 2.75. The van der Waals surface area contributed by atoms with Crippen LogP contribution in [-0.4, -0.2) is 35.5 Å². The third-order valence-electron chi connectivity index (χ3n) is 3.98. The van der Waals surface area contributed by atoms with Crippen LogP contribution in [0.1, 0.15) is 25.8 Å². The average Bonchev–Trinajstić information content (AvgIpc) is 2.88. The monoisotopic (exact) mass is 277 g/mol. The first-order valence-electron chi connectivity index (χ1n) is 7.25. The van der Waals surface area contributed by atoms with Crippen LogP contribution < -0.4 is 5.32 Å². The minimum Gasteiger partial charge on any atom is -0.312 e. The molecule has 1 fully saturated rings. The minimum absolute atomic E-state index is 0.204. The van der Waals surface area contributed by atoms with Gasteiger partial charge >= 0.3 is 0 Å². The molecular weight excluding hydrogens is 254 g/mol. The van der Waals surface area contributed by atoms with Gasteiger partial charge in [0.25, 0.3) is 5.69 Å². The highest BCUT2D eigenvalue weighted by atomic mass is 16.6. The summed E-state index contributed by atoms with van der Waals surface area (Å²) in [5.74, 6) is 0.653. The normalized spacial score (nSPS) is 19.6. The Morgan fingerprint density at radius 3 is 2.85 bits per heavy atom. The first-order chi connectivity index (χ1) is 9.58. The molecule has 0 radical (unpaired) electrons. The van der Waals surface area contributed by atoms with E-state index < -0.39 is 0 Å². The molecule has 5 heteroatoms. The fourth-order valence-electron chi connectivity index (χ4n) is 2.75. The van der Waals surface area contributed by atoms with E-state index in [4.69, 9.17) is 0 Å². The number of likely N-dealkylation sites (tertiary alicyclic amines) is 1. The summed E-state index contributed by atoms with van der Waals surface area (Å²) in [5.41, 5.74) is 0.964. The summed E-state index contributed by atoms with van der Waals surface area (Å²) in [7, 11) is 0. The van der Waals surface area contributed by atoms with Gasteiger partial charge in [-0.05, 0) is 39.3 Å². The number of nitrogens with zero attached hydrogens (tertiary/aromatic N) is 2. The van der Waals surface area contributed by atoms with Gasteiger partial charge in [0.1, 0.15) is 0 Å². The third kappa shape index (κ3) is 3.77. The smallest absolute Gasteiger partial charge is 0.273 e. The van der Waals surface area contributed by atoms with Crippen LogP contribution in [0, 0.1) is 16.0 Å². The first-order valence-corrected chi connectivity index (χ1v) is 7.25. The quantitative estimate of drug-likeness (QED) is 0.641. The van der Waals surface area contributed by atoms with E-state index in [1.165, 1.54) is 6.42 Å². The minimum atomic E-state index is -0.312. The lowest BCUT2D eigenvalue weighted by Crippen LogP contribution is -2.30. The van der Waals surface area contributed by atoms with Crippen LogP contribution in [-0.2, 0) is 6.54 Å². The van der Waals surface area contributed by atoms with Crippen LogP contribution in [0.2, 0.25) is 0 Å². The van der Waals surface area contributed by atoms with E-state index >= 15 is 0 Å². The standard InChI is InChI=1S/C15H23N3O2/c1-12(2)17-8-7-13(11-17)9-16-10-14-5-3-4-6-15(14)18(19)20/h3-6,12-13,16H,7-11H2,1-2H3. The zero-order valence-electron chi connectivity index (χ0n) is 12.2. The molecule has 1 N–H and O–H groups in total. The largest absolute Gasteiger partial charge is 0.312 e. The Hall–Kier alpha value is -1.46. The van der Waals surface area contributed by atoms with Gasteiger partial charge in [-0.3, -0.25) is 10.1 Å². The zero-order valence-corrected chi connectivity index (χ0v) is 12.2. The van der Waals surface area contributed by atoms with Crippen molar-refractivity contribution in [1.82, 2.24) is 10.2 Å². The van der Waals surface area contributed by atoms with E-state index in [0.29, 0.717) is 18.5 Å². The highest BCUT2D eigenvalue weighted by Gasteiger charge is 2.23. The summed E-state index contributed by atoms with van der Waals surface area (Å²) in [6.45, 7) is 8.23. The Morgan fingerprint density at radius 1 is 1.45 bits per heavy atom. The van der Waals surface area contributed by atoms with Crippen LogP contribution in [0.25, 0.3) is 0 Å². The summed E-state index contributed by atoms with van der Waals surface area (Å²) in [6, 6.07) is 7.54. The Balaban J connectivity index is 1.81. The number of rotatable bonds is 6. The van der Waals surface area contributed by atoms with Crippen molar-refractivity contribution >= 4 is 5.69 Å². The lowest BCUT2D eigenvalue weighted by molar-refractivity contribution is -0.385.